The second-order valence-corrected chi connectivity index (χ2v) is 4.91. The van der Waals surface area contributed by atoms with E-state index in [1.807, 2.05) is 25.1 Å². The van der Waals surface area contributed by atoms with Crippen LogP contribution in [-0.2, 0) is 4.74 Å². The summed E-state index contributed by atoms with van der Waals surface area (Å²) in [7, 11) is 1.68. The normalized spacial score (nSPS) is 16.1. The number of benzene rings is 1. The van der Waals surface area contributed by atoms with Gasteiger partial charge in [-0.15, -0.1) is 0 Å². The molecule has 1 fully saturated rings. The van der Waals surface area contributed by atoms with Crippen LogP contribution in [0, 0.1) is 6.92 Å². The molecule has 1 heterocycles. The smallest absolute Gasteiger partial charge is 0.255 e. The molecule has 1 amide bonds. The quantitative estimate of drug-likeness (QED) is 0.833. The molecule has 0 N–H and O–H groups in total. The van der Waals surface area contributed by atoms with Crippen LogP contribution in [-0.4, -0.2) is 37.1 Å². The lowest BCUT2D eigenvalue weighted by atomic mass is 10.1. The number of carbonyl (C=O) groups is 1. The average Bonchev–Trinajstić information content (AvgIpc) is 2.20. The lowest BCUT2D eigenvalue weighted by Crippen LogP contribution is -2.54. The molecule has 2 rings (SSSR count). The Morgan fingerprint density at radius 3 is 2.81 bits per heavy atom. The fourth-order valence-corrected chi connectivity index (χ4v) is 2.14. The Labute approximate surface area is 104 Å². The van der Waals surface area contributed by atoms with Crippen molar-refractivity contribution in [3.8, 4) is 0 Å². The van der Waals surface area contributed by atoms with Gasteiger partial charge in [0.15, 0.2) is 0 Å². The third kappa shape index (κ3) is 2.13. The van der Waals surface area contributed by atoms with Crippen LogP contribution in [0.3, 0.4) is 0 Å². The largest absolute Gasteiger partial charge is 0.378 e. The van der Waals surface area contributed by atoms with Crippen LogP contribution in [0.15, 0.2) is 22.7 Å². The molecule has 1 aliphatic heterocycles. The van der Waals surface area contributed by atoms with Crippen molar-refractivity contribution in [2.24, 2.45) is 0 Å². The maximum Gasteiger partial charge on any atom is 0.255 e. The third-order valence-corrected chi connectivity index (χ3v) is 3.51. The fourth-order valence-electron chi connectivity index (χ4n) is 1.73. The van der Waals surface area contributed by atoms with Crippen molar-refractivity contribution in [2.75, 3.05) is 20.2 Å². The number of rotatable bonds is 2. The van der Waals surface area contributed by atoms with Crippen LogP contribution in [0.4, 0.5) is 0 Å². The highest BCUT2D eigenvalue weighted by Gasteiger charge is 2.31. The zero-order valence-electron chi connectivity index (χ0n) is 9.37. The van der Waals surface area contributed by atoms with E-state index in [2.05, 4.69) is 15.9 Å². The number of hydrogen-bond donors (Lipinski definition) is 0. The van der Waals surface area contributed by atoms with Crippen molar-refractivity contribution in [2.45, 2.75) is 13.0 Å². The zero-order valence-corrected chi connectivity index (χ0v) is 11.0. The van der Waals surface area contributed by atoms with Gasteiger partial charge in [-0.2, -0.15) is 0 Å². The highest BCUT2D eigenvalue weighted by atomic mass is 79.9. The molecular formula is C12H14BrNO2. The van der Waals surface area contributed by atoms with Gasteiger partial charge >= 0.3 is 0 Å². The second-order valence-electron chi connectivity index (χ2n) is 4.05. The maximum absolute atomic E-state index is 12.1. The molecule has 16 heavy (non-hydrogen) atoms. The predicted molar refractivity (Wildman–Crippen MR) is 65.6 cm³/mol. The predicted octanol–water partition coefficient (Wildman–Crippen LogP) is 2.23. The van der Waals surface area contributed by atoms with Gasteiger partial charge in [0.1, 0.15) is 0 Å². The Bertz CT molecular complexity index is 413. The first kappa shape index (κ1) is 11.6. The number of aryl methyl sites for hydroxylation is 1. The molecule has 0 aliphatic carbocycles. The van der Waals surface area contributed by atoms with Gasteiger partial charge < -0.3 is 9.64 Å². The van der Waals surface area contributed by atoms with E-state index < -0.39 is 0 Å². The molecule has 1 aliphatic rings. The van der Waals surface area contributed by atoms with Gasteiger partial charge in [0, 0.05) is 24.7 Å². The van der Waals surface area contributed by atoms with E-state index in [4.69, 9.17) is 4.74 Å². The maximum atomic E-state index is 12.1. The molecule has 1 aromatic rings. The zero-order chi connectivity index (χ0) is 11.7. The van der Waals surface area contributed by atoms with Crippen LogP contribution < -0.4 is 0 Å². The Hall–Kier alpha value is -0.870. The number of likely N-dealkylation sites (tertiary alicyclic amines) is 1. The van der Waals surface area contributed by atoms with E-state index in [0.29, 0.717) is 13.1 Å². The highest BCUT2D eigenvalue weighted by molar-refractivity contribution is 9.10. The van der Waals surface area contributed by atoms with Gasteiger partial charge in [-0.25, -0.2) is 0 Å². The van der Waals surface area contributed by atoms with E-state index in [9.17, 15) is 4.79 Å². The first-order valence-electron chi connectivity index (χ1n) is 5.20. The first-order valence-corrected chi connectivity index (χ1v) is 5.99. The summed E-state index contributed by atoms with van der Waals surface area (Å²) in [5.41, 5.74) is 1.82. The summed E-state index contributed by atoms with van der Waals surface area (Å²) in [6, 6.07) is 5.80. The standard InChI is InChI=1S/C12H14BrNO2/c1-8-3-4-11(13)10(5-8)12(15)14-6-9(7-14)16-2/h3-5,9H,6-7H2,1-2H3. The van der Waals surface area contributed by atoms with E-state index in [-0.39, 0.29) is 12.0 Å². The van der Waals surface area contributed by atoms with E-state index in [0.717, 1.165) is 15.6 Å². The van der Waals surface area contributed by atoms with Gasteiger partial charge in [-0.05, 0) is 35.0 Å². The summed E-state index contributed by atoms with van der Waals surface area (Å²) in [6.07, 6.45) is 0.201. The molecule has 0 bridgehead atoms. The highest BCUT2D eigenvalue weighted by Crippen LogP contribution is 2.22. The SMILES string of the molecule is COC1CN(C(=O)c2cc(C)ccc2Br)C1. The van der Waals surface area contributed by atoms with Crippen molar-refractivity contribution >= 4 is 21.8 Å². The summed E-state index contributed by atoms with van der Waals surface area (Å²) in [6.45, 7) is 3.36. The summed E-state index contributed by atoms with van der Waals surface area (Å²) < 4.78 is 6.00. The molecule has 0 saturated carbocycles. The van der Waals surface area contributed by atoms with Gasteiger partial charge in [0.05, 0.1) is 11.7 Å². The molecule has 0 spiro atoms. The first-order chi connectivity index (χ1) is 7.61. The molecule has 0 aromatic heterocycles. The number of hydrogen-bond acceptors (Lipinski definition) is 2. The van der Waals surface area contributed by atoms with Crippen LogP contribution in [0.2, 0.25) is 0 Å². The Kier molecular flexibility index (Phi) is 3.30. The van der Waals surface area contributed by atoms with Crippen molar-refractivity contribution in [3.05, 3.63) is 33.8 Å². The Morgan fingerprint density at radius 2 is 2.19 bits per heavy atom. The molecule has 86 valence electrons. The Morgan fingerprint density at radius 1 is 1.50 bits per heavy atom. The summed E-state index contributed by atoms with van der Waals surface area (Å²) in [5.74, 6) is 0.0730. The number of carbonyl (C=O) groups excluding carboxylic acids is 1. The van der Waals surface area contributed by atoms with Crippen LogP contribution in [0.5, 0.6) is 0 Å². The van der Waals surface area contributed by atoms with Crippen LogP contribution in [0.25, 0.3) is 0 Å². The van der Waals surface area contributed by atoms with Crippen molar-refractivity contribution in [1.82, 2.24) is 4.90 Å². The van der Waals surface area contributed by atoms with Gasteiger partial charge in [-0.3, -0.25) is 4.79 Å². The second kappa shape index (κ2) is 4.55. The fraction of sp³-hybridized carbons (Fsp3) is 0.417. The summed E-state index contributed by atoms with van der Waals surface area (Å²) in [4.78, 5) is 13.9. The van der Waals surface area contributed by atoms with Gasteiger partial charge in [0.25, 0.3) is 5.91 Å². The minimum absolute atomic E-state index is 0.0730. The van der Waals surface area contributed by atoms with Crippen molar-refractivity contribution in [1.29, 1.82) is 0 Å². The number of amides is 1. The van der Waals surface area contributed by atoms with Crippen molar-refractivity contribution in [3.63, 3.8) is 0 Å². The molecule has 0 atom stereocenters. The van der Waals surface area contributed by atoms with Crippen LogP contribution in [0.1, 0.15) is 15.9 Å². The van der Waals surface area contributed by atoms with E-state index in [1.165, 1.54) is 0 Å². The molecule has 4 heteroatoms. The summed E-state index contributed by atoms with van der Waals surface area (Å²) in [5, 5.41) is 0. The van der Waals surface area contributed by atoms with Crippen LogP contribution >= 0.6 is 15.9 Å². The molecule has 1 aromatic carbocycles. The molecule has 3 nitrogen and oxygen atoms in total. The molecular weight excluding hydrogens is 270 g/mol. The number of nitrogens with zero attached hydrogens (tertiary/aromatic N) is 1. The Balaban J connectivity index is 2.13. The summed E-state index contributed by atoms with van der Waals surface area (Å²) >= 11 is 3.41. The van der Waals surface area contributed by atoms with Gasteiger partial charge in [0.2, 0.25) is 0 Å². The monoisotopic (exact) mass is 283 g/mol. The van der Waals surface area contributed by atoms with E-state index in [1.54, 1.807) is 12.0 Å². The minimum atomic E-state index is 0.0730. The lowest BCUT2D eigenvalue weighted by molar-refractivity contribution is -0.0192. The average molecular weight is 284 g/mol. The number of halogens is 1. The van der Waals surface area contributed by atoms with Gasteiger partial charge in [-0.1, -0.05) is 11.6 Å². The minimum Gasteiger partial charge on any atom is -0.378 e. The topological polar surface area (TPSA) is 29.5 Å². The number of methoxy groups -OCH3 is 1. The molecule has 1 saturated heterocycles. The lowest BCUT2D eigenvalue weighted by Gasteiger charge is -2.38. The molecule has 0 radical (unpaired) electrons. The number of ether oxygens (including phenoxy) is 1. The van der Waals surface area contributed by atoms with Crippen molar-refractivity contribution < 1.29 is 9.53 Å². The third-order valence-electron chi connectivity index (χ3n) is 2.82. The van der Waals surface area contributed by atoms with E-state index >= 15 is 0 Å². The molecule has 0 unspecified atom stereocenters.